The lowest BCUT2D eigenvalue weighted by Crippen LogP contribution is -2.22. The number of carbonyl (C=O) groups excluding carboxylic acids is 3. The minimum absolute atomic E-state index is 0.243. The van der Waals surface area contributed by atoms with Crippen LogP contribution in [0.2, 0.25) is 0 Å². The van der Waals surface area contributed by atoms with Gasteiger partial charge in [0, 0.05) is 4.88 Å². The van der Waals surface area contributed by atoms with Gasteiger partial charge in [-0.2, -0.15) is 5.26 Å². The molecule has 1 N–H and O–H groups in total. The number of amides is 1. The number of fused-ring (bicyclic) bond motifs is 1. The molecule has 8 heteroatoms. The largest absolute Gasteiger partial charge is 0.465 e. The molecule has 150 valence electrons. The molecule has 0 spiro atoms. The maximum Gasteiger partial charge on any atom is 0.341 e. The molecule has 29 heavy (non-hydrogen) atoms. The first kappa shape index (κ1) is 20.6. The van der Waals surface area contributed by atoms with Gasteiger partial charge in [-0.3, -0.25) is 4.79 Å². The Bertz CT molecular complexity index is 988. The maximum absolute atomic E-state index is 12.3. The number of rotatable bonds is 5. The fourth-order valence-electron chi connectivity index (χ4n) is 3.21. The molecule has 0 saturated carbocycles. The zero-order valence-corrected chi connectivity index (χ0v) is 16.9. The molecule has 0 fully saturated rings. The topological polar surface area (TPSA) is 105 Å². The van der Waals surface area contributed by atoms with E-state index in [1.54, 1.807) is 0 Å². The van der Waals surface area contributed by atoms with Gasteiger partial charge < -0.3 is 14.8 Å². The van der Waals surface area contributed by atoms with E-state index in [-0.39, 0.29) is 5.56 Å². The van der Waals surface area contributed by atoms with E-state index in [0.717, 1.165) is 29.7 Å². The number of anilines is 1. The Morgan fingerprint density at radius 1 is 1.24 bits per heavy atom. The number of esters is 2. The van der Waals surface area contributed by atoms with E-state index in [9.17, 15) is 14.4 Å². The fourth-order valence-corrected chi connectivity index (χ4v) is 4.63. The first-order chi connectivity index (χ1) is 13.9. The predicted octanol–water partition coefficient (Wildman–Crippen LogP) is 3.33. The van der Waals surface area contributed by atoms with Crippen LogP contribution in [0.4, 0.5) is 5.00 Å². The van der Waals surface area contributed by atoms with Gasteiger partial charge in [0.2, 0.25) is 0 Å². The summed E-state index contributed by atoms with van der Waals surface area (Å²) in [7, 11) is 1.31. The van der Waals surface area contributed by atoms with E-state index in [1.807, 2.05) is 6.07 Å². The molecule has 1 aliphatic rings. The molecule has 0 unspecified atom stereocenters. The first-order valence-corrected chi connectivity index (χ1v) is 9.94. The van der Waals surface area contributed by atoms with Crippen LogP contribution >= 0.6 is 11.3 Å². The summed E-state index contributed by atoms with van der Waals surface area (Å²) in [5, 5.41) is 11.9. The van der Waals surface area contributed by atoms with Crippen molar-refractivity contribution >= 4 is 34.2 Å². The molecule has 1 amide bonds. The number of nitrogens with zero attached hydrogens (tertiary/aromatic N) is 1. The number of methoxy groups -OCH3 is 1. The second kappa shape index (κ2) is 8.88. The first-order valence-electron chi connectivity index (χ1n) is 9.13. The van der Waals surface area contributed by atoms with Crippen molar-refractivity contribution in [2.45, 2.75) is 26.2 Å². The second-order valence-corrected chi connectivity index (χ2v) is 7.97. The lowest BCUT2D eigenvalue weighted by molar-refractivity contribution is -0.119. The number of benzene rings is 1. The van der Waals surface area contributed by atoms with Gasteiger partial charge in [0.05, 0.1) is 29.9 Å². The molecular formula is C21H20N2O5S. The van der Waals surface area contributed by atoms with Crippen LogP contribution in [0.15, 0.2) is 24.3 Å². The summed E-state index contributed by atoms with van der Waals surface area (Å²) in [6, 6.07) is 7.88. The molecule has 1 atom stereocenters. The van der Waals surface area contributed by atoms with Crippen molar-refractivity contribution in [1.29, 1.82) is 5.26 Å². The van der Waals surface area contributed by atoms with Crippen LogP contribution in [0.25, 0.3) is 0 Å². The Kier molecular flexibility index (Phi) is 6.29. The molecule has 0 bridgehead atoms. The molecule has 1 heterocycles. The Morgan fingerprint density at radius 2 is 1.97 bits per heavy atom. The monoisotopic (exact) mass is 412 g/mol. The molecule has 3 rings (SSSR count). The van der Waals surface area contributed by atoms with Gasteiger partial charge in [-0.1, -0.05) is 6.92 Å². The average Bonchev–Trinajstić information content (AvgIpc) is 3.08. The number of nitriles is 1. The molecule has 1 aliphatic carbocycles. The van der Waals surface area contributed by atoms with Crippen LogP contribution in [-0.2, 0) is 27.1 Å². The number of hydrogen-bond acceptors (Lipinski definition) is 7. The second-order valence-electron chi connectivity index (χ2n) is 6.86. The molecule has 7 nitrogen and oxygen atoms in total. The van der Waals surface area contributed by atoms with Gasteiger partial charge in [0.25, 0.3) is 5.91 Å². The van der Waals surface area contributed by atoms with Gasteiger partial charge in [0.1, 0.15) is 5.00 Å². The van der Waals surface area contributed by atoms with Crippen LogP contribution in [0.1, 0.15) is 50.1 Å². The molecule has 2 aromatic rings. The number of thiophene rings is 1. The van der Waals surface area contributed by atoms with Crippen molar-refractivity contribution in [3.8, 4) is 6.07 Å². The standard InChI is InChI=1S/C21H20N2O5S/c1-12-3-8-15-16(9-12)29-19(18(15)21(26)27-2)23-17(24)11-28-20(25)14-6-4-13(10-22)5-7-14/h4-7,12H,3,8-9,11H2,1-2H3,(H,23,24)/t12-/m0/s1. The summed E-state index contributed by atoms with van der Waals surface area (Å²) < 4.78 is 9.93. The van der Waals surface area contributed by atoms with E-state index in [2.05, 4.69) is 12.2 Å². The van der Waals surface area contributed by atoms with E-state index in [0.29, 0.717) is 22.0 Å². The minimum Gasteiger partial charge on any atom is -0.465 e. The van der Waals surface area contributed by atoms with E-state index >= 15 is 0 Å². The zero-order valence-electron chi connectivity index (χ0n) is 16.1. The maximum atomic E-state index is 12.3. The molecule has 1 aromatic heterocycles. The highest BCUT2D eigenvalue weighted by molar-refractivity contribution is 7.17. The highest BCUT2D eigenvalue weighted by atomic mass is 32.1. The summed E-state index contributed by atoms with van der Waals surface area (Å²) >= 11 is 1.37. The fraction of sp³-hybridized carbons (Fsp3) is 0.333. The van der Waals surface area contributed by atoms with Crippen LogP contribution in [0.3, 0.4) is 0 Å². The SMILES string of the molecule is COC(=O)c1c(NC(=O)COC(=O)c2ccc(C#N)cc2)sc2c1CC[C@H](C)C2. The number of hydrogen-bond donors (Lipinski definition) is 1. The van der Waals surface area contributed by atoms with Crippen molar-refractivity contribution in [3.05, 3.63) is 51.4 Å². The van der Waals surface area contributed by atoms with Crippen molar-refractivity contribution in [2.24, 2.45) is 5.92 Å². The van der Waals surface area contributed by atoms with Crippen LogP contribution in [0, 0.1) is 17.2 Å². The van der Waals surface area contributed by atoms with Gasteiger partial charge >= 0.3 is 11.9 Å². The van der Waals surface area contributed by atoms with Crippen molar-refractivity contribution in [2.75, 3.05) is 19.0 Å². The van der Waals surface area contributed by atoms with E-state index in [4.69, 9.17) is 14.7 Å². The Balaban J connectivity index is 1.68. The predicted molar refractivity (Wildman–Crippen MR) is 107 cm³/mol. The Morgan fingerprint density at radius 3 is 2.62 bits per heavy atom. The highest BCUT2D eigenvalue weighted by Gasteiger charge is 2.29. The average molecular weight is 412 g/mol. The van der Waals surface area contributed by atoms with Crippen molar-refractivity contribution in [3.63, 3.8) is 0 Å². The van der Waals surface area contributed by atoms with Gasteiger partial charge in [-0.15, -0.1) is 11.3 Å². The third-order valence-corrected chi connectivity index (χ3v) is 5.91. The Hall–Kier alpha value is -3.18. The molecular weight excluding hydrogens is 392 g/mol. The molecule has 0 saturated heterocycles. The smallest absolute Gasteiger partial charge is 0.341 e. The van der Waals surface area contributed by atoms with E-state index in [1.165, 1.54) is 42.7 Å². The summed E-state index contributed by atoms with van der Waals surface area (Å²) in [6.07, 6.45) is 2.60. The lowest BCUT2D eigenvalue weighted by atomic mass is 9.88. The van der Waals surface area contributed by atoms with Gasteiger partial charge in [-0.25, -0.2) is 9.59 Å². The Labute approximate surface area is 172 Å². The normalized spacial score (nSPS) is 15.0. The van der Waals surface area contributed by atoms with Gasteiger partial charge in [0.15, 0.2) is 6.61 Å². The highest BCUT2D eigenvalue weighted by Crippen LogP contribution is 2.40. The van der Waals surface area contributed by atoms with Crippen molar-refractivity contribution in [1.82, 2.24) is 0 Å². The summed E-state index contributed by atoms with van der Waals surface area (Å²) in [5.41, 5.74) is 1.99. The van der Waals surface area contributed by atoms with Crippen LogP contribution in [0.5, 0.6) is 0 Å². The van der Waals surface area contributed by atoms with Crippen LogP contribution in [-0.4, -0.2) is 31.6 Å². The van der Waals surface area contributed by atoms with Crippen LogP contribution < -0.4 is 5.32 Å². The number of nitrogens with one attached hydrogen (secondary N) is 1. The summed E-state index contributed by atoms with van der Waals surface area (Å²) in [6.45, 7) is 1.67. The quantitative estimate of drug-likeness (QED) is 0.755. The molecule has 0 radical (unpaired) electrons. The molecule has 1 aromatic carbocycles. The molecule has 0 aliphatic heterocycles. The van der Waals surface area contributed by atoms with Gasteiger partial charge in [-0.05, 0) is 55.0 Å². The summed E-state index contributed by atoms with van der Waals surface area (Å²) in [4.78, 5) is 37.7. The zero-order chi connectivity index (χ0) is 21.0. The van der Waals surface area contributed by atoms with Crippen molar-refractivity contribution < 1.29 is 23.9 Å². The summed E-state index contributed by atoms with van der Waals surface area (Å²) in [5.74, 6) is -1.17. The minimum atomic E-state index is -0.669. The number of carbonyl (C=O) groups is 3. The number of ether oxygens (including phenoxy) is 2. The van der Waals surface area contributed by atoms with E-state index < -0.39 is 24.5 Å². The lowest BCUT2D eigenvalue weighted by Gasteiger charge is -2.18. The third kappa shape index (κ3) is 4.63. The third-order valence-electron chi connectivity index (χ3n) is 4.74.